The van der Waals surface area contributed by atoms with Gasteiger partial charge in [0.2, 0.25) is 11.7 Å². The molecule has 6 heteroatoms. The van der Waals surface area contributed by atoms with Crippen LogP contribution in [0.15, 0.2) is 30.3 Å². The number of nitrogens with one attached hydrogen (secondary N) is 1. The van der Waals surface area contributed by atoms with Gasteiger partial charge in [0.15, 0.2) is 10.8 Å². The summed E-state index contributed by atoms with van der Waals surface area (Å²) in [6, 6.07) is 14.9. The smallest absolute Gasteiger partial charge is 0.218 e. The second-order valence-corrected chi connectivity index (χ2v) is 5.63. The summed E-state index contributed by atoms with van der Waals surface area (Å²) < 4.78 is 11.2. The minimum atomic E-state index is -1.74. The largest absolute Gasteiger partial charge is 0.447 e. The number of ether oxygens (including phenoxy) is 2. The van der Waals surface area contributed by atoms with Gasteiger partial charge in [0.25, 0.3) is 0 Å². The summed E-state index contributed by atoms with van der Waals surface area (Å²) in [5.74, 6) is -2.50. The van der Waals surface area contributed by atoms with Crippen LogP contribution in [0.4, 0.5) is 0 Å². The lowest BCUT2D eigenvalue weighted by molar-refractivity contribution is -0.287. The van der Waals surface area contributed by atoms with E-state index in [1.165, 1.54) is 0 Å². The van der Waals surface area contributed by atoms with Crippen molar-refractivity contribution in [2.75, 3.05) is 6.61 Å². The van der Waals surface area contributed by atoms with E-state index < -0.39 is 22.5 Å². The monoisotopic (exact) mass is 292 g/mol. The molecule has 4 rings (SSSR count). The van der Waals surface area contributed by atoms with Gasteiger partial charge in [-0.1, -0.05) is 30.3 Å². The van der Waals surface area contributed by atoms with E-state index in [0.717, 1.165) is 0 Å². The van der Waals surface area contributed by atoms with Crippen molar-refractivity contribution in [2.45, 2.75) is 18.6 Å². The Hall–Kier alpha value is -2.88. The third kappa shape index (κ3) is 1.36. The lowest BCUT2D eigenvalue weighted by Gasteiger charge is -2.58. The number of nitrogens with zero attached hydrogens (tertiary/aromatic N) is 3. The zero-order chi connectivity index (χ0) is 16.0. The van der Waals surface area contributed by atoms with Crippen molar-refractivity contribution < 1.29 is 9.47 Å². The molecule has 22 heavy (non-hydrogen) atoms. The molecule has 0 amide bonds. The molecule has 0 radical (unpaired) electrons. The van der Waals surface area contributed by atoms with E-state index in [9.17, 15) is 15.8 Å². The van der Waals surface area contributed by atoms with Gasteiger partial charge >= 0.3 is 0 Å². The third-order valence-electron chi connectivity index (χ3n) is 4.57. The molecule has 3 heterocycles. The van der Waals surface area contributed by atoms with Gasteiger partial charge in [0, 0.05) is 6.92 Å². The molecule has 3 aliphatic rings. The predicted octanol–water partition coefficient (Wildman–Crippen LogP) is 2.07. The highest BCUT2D eigenvalue weighted by atomic mass is 16.7. The van der Waals surface area contributed by atoms with Crippen LogP contribution in [-0.4, -0.2) is 18.3 Å². The van der Waals surface area contributed by atoms with Crippen molar-refractivity contribution in [1.82, 2.24) is 0 Å². The first kappa shape index (κ1) is 14.1. The van der Waals surface area contributed by atoms with E-state index in [4.69, 9.17) is 14.9 Å². The first-order valence-electron chi connectivity index (χ1n) is 6.70. The van der Waals surface area contributed by atoms with Crippen LogP contribution in [0.25, 0.3) is 0 Å². The summed E-state index contributed by atoms with van der Waals surface area (Å²) >= 11 is 0. The van der Waals surface area contributed by atoms with Gasteiger partial charge in [-0.05, 0) is 5.56 Å². The van der Waals surface area contributed by atoms with Gasteiger partial charge in [-0.3, -0.25) is 5.41 Å². The van der Waals surface area contributed by atoms with E-state index in [-0.39, 0.29) is 12.5 Å². The topological polar surface area (TPSA) is 114 Å². The molecule has 3 fully saturated rings. The summed E-state index contributed by atoms with van der Waals surface area (Å²) in [4.78, 5) is 0. The zero-order valence-electron chi connectivity index (χ0n) is 11.8. The van der Waals surface area contributed by atoms with E-state index in [1.54, 1.807) is 31.2 Å². The Bertz CT molecular complexity index is 756. The highest BCUT2D eigenvalue weighted by Gasteiger charge is 2.75. The Labute approximate surface area is 127 Å². The van der Waals surface area contributed by atoms with Gasteiger partial charge in [0.1, 0.15) is 0 Å². The Morgan fingerprint density at radius 1 is 1.14 bits per heavy atom. The number of fused-ring (bicyclic) bond motifs is 3. The van der Waals surface area contributed by atoms with Crippen LogP contribution >= 0.6 is 0 Å². The fourth-order valence-corrected chi connectivity index (χ4v) is 3.43. The Balaban J connectivity index is 2.34. The molecule has 108 valence electrons. The van der Waals surface area contributed by atoms with Crippen LogP contribution in [0.5, 0.6) is 0 Å². The van der Waals surface area contributed by atoms with Crippen molar-refractivity contribution in [3.05, 3.63) is 35.9 Å². The maximum absolute atomic E-state index is 9.79. The molecule has 0 saturated carbocycles. The molecule has 0 aliphatic carbocycles. The van der Waals surface area contributed by atoms with Crippen molar-refractivity contribution >= 4 is 5.90 Å². The summed E-state index contributed by atoms with van der Waals surface area (Å²) in [5.41, 5.74) is -2.81. The average molecular weight is 292 g/mol. The molecule has 1 aromatic carbocycles. The molecule has 0 spiro atoms. The van der Waals surface area contributed by atoms with E-state index in [1.807, 2.05) is 24.3 Å². The third-order valence-corrected chi connectivity index (χ3v) is 4.57. The summed E-state index contributed by atoms with van der Waals surface area (Å²) in [5, 5.41) is 37.3. The normalized spacial score (nSPS) is 34.8. The maximum Gasteiger partial charge on any atom is 0.218 e. The molecule has 1 N–H and O–H groups in total. The van der Waals surface area contributed by atoms with Crippen molar-refractivity contribution in [3.63, 3.8) is 0 Å². The van der Waals surface area contributed by atoms with Crippen molar-refractivity contribution in [2.24, 2.45) is 10.8 Å². The van der Waals surface area contributed by atoms with Crippen LogP contribution in [-0.2, 0) is 9.47 Å². The number of rotatable bonds is 1. The second kappa shape index (κ2) is 4.31. The van der Waals surface area contributed by atoms with Gasteiger partial charge in [-0.15, -0.1) is 0 Å². The van der Waals surface area contributed by atoms with Gasteiger partial charge in [0.05, 0.1) is 30.7 Å². The fraction of sp³-hybridized carbons (Fsp3) is 0.375. The van der Waals surface area contributed by atoms with E-state index >= 15 is 0 Å². The highest BCUT2D eigenvalue weighted by molar-refractivity contribution is 5.88. The van der Waals surface area contributed by atoms with Gasteiger partial charge in [-0.2, -0.15) is 15.8 Å². The number of hydrogen-bond donors (Lipinski definition) is 1. The number of hydrogen-bond acceptors (Lipinski definition) is 6. The summed E-state index contributed by atoms with van der Waals surface area (Å²) in [6.45, 7) is 1.40. The minimum absolute atomic E-state index is 0.205. The van der Waals surface area contributed by atoms with Crippen LogP contribution < -0.4 is 0 Å². The van der Waals surface area contributed by atoms with Crippen molar-refractivity contribution in [1.29, 1.82) is 21.2 Å². The quantitative estimate of drug-likeness (QED) is 0.851. The molecule has 0 aromatic heterocycles. The van der Waals surface area contributed by atoms with Crippen LogP contribution in [0.2, 0.25) is 0 Å². The predicted molar refractivity (Wildman–Crippen MR) is 74.1 cm³/mol. The molecule has 0 unspecified atom stereocenters. The molecule has 3 atom stereocenters. The first-order valence-corrected chi connectivity index (χ1v) is 6.70. The van der Waals surface area contributed by atoms with Gasteiger partial charge in [-0.25, -0.2) is 0 Å². The molecule has 1 aromatic rings. The second-order valence-electron chi connectivity index (χ2n) is 5.63. The molecule has 3 saturated heterocycles. The summed E-state index contributed by atoms with van der Waals surface area (Å²) in [7, 11) is 0. The Morgan fingerprint density at radius 3 is 2.27 bits per heavy atom. The average Bonchev–Trinajstić information content (AvgIpc) is 2.54. The highest BCUT2D eigenvalue weighted by Crippen LogP contribution is 2.62. The molecular weight excluding hydrogens is 280 g/mol. The van der Waals surface area contributed by atoms with Gasteiger partial charge < -0.3 is 9.47 Å². The molecule has 3 aliphatic heterocycles. The first-order chi connectivity index (χ1) is 10.5. The Morgan fingerprint density at radius 2 is 1.77 bits per heavy atom. The SMILES string of the molecule is C[C@@]12OC[C@@](C#N)(C(=N)O1)C(C#N)(C#N)[C@H]2c1ccccc1. The minimum Gasteiger partial charge on any atom is -0.447 e. The lowest BCUT2D eigenvalue weighted by Crippen LogP contribution is -2.70. The number of nitriles is 3. The van der Waals surface area contributed by atoms with Crippen LogP contribution in [0, 0.1) is 50.2 Å². The lowest BCUT2D eigenvalue weighted by atomic mass is 9.52. The maximum atomic E-state index is 9.79. The number of benzene rings is 1. The summed E-state index contributed by atoms with van der Waals surface area (Å²) in [6.07, 6.45) is 0. The Kier molecular flexibility index (Phi) is 2.75. The fourth-order valence-electron chi connectivity index (χ4n) is 3.43. The van der Waals surface area contributed by atoms with E-state index in [2.05, 4.69) is 0 Å². The zero-order valence-corrected chi connectivity index (χ0v) is 11.8. The molecule has 6 nitrogen and oxygen atoms in total. The standard InChI is InChI=1S/C16H12N4O2/c1-14-12(11-5-3-2-4-6-11)15(7-17,8-18)16(9-19,10-21-14)13(20)22-14/h2-6,12,20H,10H2,1H3/t12-,14+,16-/m0/s1. The molecular formula is C16H12N4O2. The van der Waals surface area contributed by atoms with E-state index in [0.29, 0.717) is 5.56 Å². The van der Waals surface area contributed by atoms with Crippen LogP contribution in [0.1, 0.15) is 18.4 Å². The van der Waals surface area contributed by atoms with Crippen molar-refractivity contribution in [3.8, 4) is 18.2 Å². The molecule has 2 bridgehead atoms. The van der Waals surface area contributed by atoms with Crippen LogP contribution in [0.3, 0.4) is 0 Å².